The van der Waals surface area contributed by atoms with Gasteiger partial charge in [0.2, 0.25) is 11.7 Å². The number of aromatic amines is 1. The van der Waals surface area contributed by atoms with E-state index in [4.69, 9.17) is 0 Å². The molecular formula is C26H30N6O2. The minimum absolute atomic E-state index is 0.148. The fourth-order valence-electron chi connectivity index (χ4n) is 4.02. The summed E-state index contributed by atoms with van der Waals surface area (Å²) >= 11 is 0. The van der Waals surface area contributed by atoms with E-state index < -0.39 is 0 Å². The van der Waals surface area contributed by atoms with Gasteiger partial charge in [0.05, 0.1) is 6.54 Å². The Bertz CT molecular complexity index is 1300. The maximum atomic E-state index is 13.1. The third-order valence-electron chi connectivity index (χ3n) is 5.89. The van der Waals surface area contributed by atoms with Crippen LogP contribution in [-0.4, -0.2) is 35.7 Å². The molecule has 0 aliphatic heterocycles. The second-order valence-corrected chi connectivity index (χ2v) is 8.91. The van der Waals surface area contributed by atoms with Crippen molar-refractivity contribution in [3.05, 3.63) is 76.5 Å². The van der Waals surface area contributed by atoms with Gasteiger partial charge in [-0.25, -0.2) is 9.36 Å². The van der Waals surface area contributed by atoms with Gasteiger partial charge in [-0.3, -0.25) is 9.36 Å². The molecule has 34 heavy (non-hydrogen) atoms. The van der Waals surface area contributed by atoms with Crippen LogP contribution in [0.15, 0.2) is 59.5 Å². The summed E-state index contributed by atoms with van der Waals surface area (Å²) in [5, 5.41) is 14.4. The summed E-state index contributed by atoms with van der Waals surface area (Å²) < 4.78 is 3.02. The molecule has 8 nitrogen and oxygen atoms in total. The van der Waals surface area contributed by atoms with E-state index in [1.54, 1.807) is 10.8 Å². The van der Waals surface area contributed by atoms with Crippen molar-refractivity contribution in [2.45, 2.75) is 53.0 Å². The van der Waals surface area contributed by atoms with Crippen molar-refractivity contribution in [3.63, 3.8) is 0 Å². The zero-order chi connectivity index (χ0) is 24.1. The molecule has 0 radical (unpaired) electrons. The monoisotopic (exact) mass is 458 g/mol. The van der Waals surface area contributed by atoms with Gasteiger partial charge in [-0.1, -0.05) is 69.3 Å². The van der Waals surface area contributed by atoms with E-state index in [1.807, 2.05) is 55.5 Å². The number of imidazole rings is 1. The minimum atomic E-state index is -0.260. The number of benzene rings is 2. The van der Waals surface area contributed by atoms with E-state index in [1.165, 1.54) is 4.57 Å². The van der Waals surface area contributed by atoms with Crippen LogP contribution >= 0.6 is 0 Å². The highest BCUT2D eigenvalue weighted by molar-refractivity contribution is 5.80. The number of carbonyl (C=O) groups excluding carboxylic acids is 1. The predicted octanol–water partition coefficient (Wildman–Crippen LogP) is 4.57. The van der Waals surface area contributed by atoms with Crippen molar-refractivity contribution >= 4 is 5.91 Å². The lowest BCUT2D eigenvalue weighted by Crippen LogP contribution is -2.29. The van der Waals surface area contributed by atoms with Crippen molar-refractivity contribution in [3.8, 4) is 22.5 Å². The van der Waals surface area contributed by atoms with E-state index in [2.05, 4.69) is 34.5 Å². The lowest BCUT2D eigenvalue weighted by molar-refractivity contribution is 0.0897. The number of nitrogens with zero attached hydrogens (tertiary/aromatic N) is 5. The molecule has 0 unspecified atom stereocenters. The number of hydrogen-bond acceptors (Lipinski definition) is 5. The zero-order valence-corrected chi connectivity index (χ0v) is 19.9. The number of carbonyl (C=O) groups is 1. The smallest absolute Gasteiger partial charge is 0.292 e. The summed E-state index contributed by atoms with van der Waals surface area (Å²) in [7, 11) is 0. The largest absolute Gasteiger partial charge is 0.335 e. The molecule has 176 valence electrons. The number of rotatable bonds is 9. The summed E-state index contributed by atoms with van der Waals surface area (Å²) in [6.45, 7) is 6.68. The molecule has 0 bridgehead atoms. The van der Waals surface area contributed by atoms with Crippen molar-refractivity contribution < 1.29 is 4.79 Å². The van der Waals surface area contributed by atoms with Crippen molar-refractivity contribution in [1.29, 1.82) is 0 Å². The third kappa shape index (κ3) is 5.06. The molecule has 1 N–H and O–H groups in total. The molecular weight excluding hydrogens is 428 g/mol. The number of aryl methyl sites for hydroxylation is 1. The molecule has 2 aromatic carbocycles. The fraction of sp³-hybridized carbons (Fsp3) is 0.346. The van der Waals surface area contributed by atoms with Gasteiger partial charge < -0.3 is 0 Å². The second kappa shape index (κ2) is 10.4. The zero-order valence-electron chi connectivity index (χ0n) is 19.9. The summed E-state index contributed by atoms with van der Waals surface area (Å²) in [4.78, 5) is 25.6. The van der Waals surface area contributed by atoms with Gasteiger partial charge in [0.1, 0.15) is 0 Å². The van der Waals surface area contributed by atoms with Gasteiger partial charge in [-0.2, -0.15) is 5.21 Å². The molecule has 4 aromatic rings. The quantitative estimate of drug-likeness (QED) is 0.396. The molecule has 0 saturated heterocycles. The average molecular weight is 459 g/mol. The standard InChI is InChI=1S/C26H30N6O2/c1-4-7-24(33)32-17-21(15-10-18(2)3)31(26(32)34)16-19-11-13-20(14-12-19)22-8-5-6-9-23(22)25-27-29-30-28-25/h5-6,8-9,11-14,17-18H,4,7,10,15-16H2,1-3H3,(H,27,28,29,30). The first-order valence-corrected chi connectivity index (χ1v) is 11.7. The Labute approximate surface area is 198 Å². The Morgan fingerprint density at radius 2 is 1.79 bits per heavy atom. The van der Waals surface area contributed by atoms with Crippen LogP contribution in [0.5, 0.6) is 0 Å². The van der Waals surface area contributed by atoms with Gasteiger partial charge in [0.25, 0.3) is 0 Å². The van der Waals surface area contributed by atoms with Crippen molar-refractivity contribution in [2.24, 2.45) is 5.92 Å². The molecule has 0 aliphatic carbocycles. The highest BCUT2D eigenvalue weighted by Gasteiger charge is 2.17. The molecule has 8 heteroatoms. The Morgan fingerprint density at radius 3 is 2.44 bits per heavy atom. The van der Waals surface area contributed by atoms with E-state index >= 15 is 0 Å². The summed E-state index contributed by atoms with van der Waals surface area (Å²) in [6, 6.07) is 16.0. The van der Waals surface area contributed by atoms with Gasteiger partial charge in [-0.05, 0) is 47.1 Å². The van der Waals surface area contributed by atoms with Crippen molar-refractivity contribution in [2.75, 3.05) is 0 Å². The molecule has 2 aromatic heterocycles. The number of tetrazole rings is 1. The van der Waals surface area contributed by atoms with Gasteiger partial charge >= 0.3 is 5.69 Å². The normalized spacial score (nSPS) is 11.3. The highest BCUT2D eigenvalue weighted by Crippen LogP contribution is 2.29. The molecule has 0 saturated carbocycles. The first-order valence-electron chi connectivity index (χ1n) is 11.7. The van der Waals surface area contributed by atoms with Crippen LogP contribution in [0, 0.1) is 5.92 Å². The molecule has 4 rings (SSSR count). The van der Waals surface area contributed by atoms with Crippen LogP contribution in [0.2, 0.25) is 0 Å². The van der Waals surface area contributed by atoms with Crippen molar-refractivity contribution in [1.82, 2.24) is 29.8 Å². The van der Waals surface area contributed by atoms with E-state index in [-0.39, 0.29) is 11.6 Å². The fourth-order valence-corrected chi connectivity index (χ4v) is 4.02. The minimum Gasteiger partial charge on any atom is -0.292 e. The maximum absolute atomic E-state index is 13.1. The van der Waals surface area contributed by atoms with E-state index in [9.17, 15) is 9.59 Å². The summed E-state index contributed by atoms with van der Waals surface area (Å²) in [5.74, 6) is 0.904. The first kappa shape index (κ1) is 23.4. The maximum Gasteiger partial charge on any atom is 0.335 e. The van der Waals surface area contributed by atoms with Crippen LogP contribution in [-0.2, 0) is 13.0 Å². The molecule has 0 atom stereocenters. The van der Waals surface area contributed by atoms with Crippen LogP contribution in [0.25, 0.3) is 22.5 Å². The number of hydrogen-bond donors (Lipinski definition) is 1. The topological polar surface area (TPSA) is 98.5 Å². The summed E-state index contributed by atoms with van der Waals surface area (Å²) in [5.41, 5.74) is 4.55. The molecule has 0 amide bonds. The van der Waals surface area contributed by atoms with Crippen LogP contribution in [0.4, 0.5) is 0 Å². The molecule has 0 spiro atoms. The van der Waals surface area contributed by atoms with Crippen LogP contribution in [0.1, 0.15) is 56.1 Å². The van der Waals surface area contributed by atoms with Crippen LogP contribution < -0.4 is 5.69 Å². The molecule has 0 fully saturated rings. The van der Waals surface area contributed by atoms with Gasteiger partial charge in [0, 0.05) is 23.9 Å². The number of nitrogens with one attached hydrogen (secondary N) is 1. The number of aromatic nitrogens is 6. The Hall–Kier alpha value is -3.81. The van der Waals surface area contributed by atoms with E-state index in [0.29, 0.717) is 31.1 Å². The highest BCUT2D eigenvalue weighted by atomic mass is 16.2. The average Bonchev–Trinajstić information content (AvgIpc) is 3.48. The molecule has 2 heterocycles. The van der Waals surface area contributed by atoms with Gasteiger partial charge in [-0.15, -0.1) is 10.2 Å². The van der Waals surface area contributed by atoms with Gasteiger partial charge in [0.15, 0.2) is 0 Å². The summed E-state index contributed by atoms with van der Waals surface area (Å²) in [6.07, 6.45) is 4.53. The Morgan fingerprint density at radius 1 is 1.06 bits per heavy atom. The Kier molecular flexibility index (Phi) is 7.15. The van der Waals surface area contributed by atoms with Crippen LogP contribution in [0.3, 0.4) is 0 Å². The lowest BCUT2D eigenvalue weighted by atomic mass is 9.98. The first-order chi connectivity index (χ1) is 16.5. The predicted molar refractivity (Wildman–Crippen MR) is 132 cm³/mol. The van der Waals surface area contributed by atoms with E-state index in [0.717, 1.165) is 40.8 Å². The second-order valence-electron chi connectivity index (χ2n) is 8.91. The molecule has 0 aliphatic rings. The SMILES string of the molecule is CCCC(=O)n1cc(CCC(C)C)n(Cc2ccc(-c3ccccc3-c3nn[nH]n3)cc2)c1=O. The third-order valence-corrected chi connectivity index (χ3v) is 5.89. The lowest BCUT2D eigenvalue weighted by Gasteiger charge is -2.11. The number of H-pyrrole nitrogens is 1. The Balaban J connectivity index is 1.63.